The number of hydrogen-bond acceptors (Lipinski definition) is 4. The lowest BCUT2D eigenvalue weighted by Gasteiger charge is -2.34. The Bertz CT molecular complexity index is 2910. The van der Waals surface area contributed by atoms with E-state index in [0.29, 0.717) is 29.7 Å². The molecule has 6 aromatic carbocycles. The highest BCUT2D eigenvalue weighted by Crippen LogP contribution is 2.46. The minimum Gasteiger partial charge on any atom is -0.335 e. The topological polar surface area (TPSA) is 79.5 Å². The van der Waals surface area contributed by atoms with Gasteiger partial charge in [-0.1, -0.05) is 84.7 Å². The zero-order valence-electron chi connectivity index (χ0n) is 27.9. The van der Waals surface area contributed by atoms with Gasteiger partial charge in [-0.05, 0) is 89.0 Å². The van der Waals surface area contributed by atoms with Crippen LogP contribution in [0.5, 0.6) is 0 Å². The number of nitriles is 3. The van der Waals surface area contributed by atoms with Crippen LogP contribution in [0.3, 0.4) is 0 Å². The number of rotatable bonds is 4. The number of hydrogen-bond donors (Lipinski definition) is 0. The summed E-state index contributed by atoms with van der Waals surface area (Å²) >= 11 is 0. The van der Waals surface area contributed by atoms with Crippen molar-refractivity contribution < 1.29 is 0 Å². The fourth-order valence-corrected chi connectivity index (χ4v) is 7.68. The normalized spacial score (nSPS) is 13.0. The molecule has 1 aliphatic heterocycles. The van der Waals surface area contributed by atoms with Gasteiger partial charge in [0.1, 0.15) is 0 Å². The average molecular weight is 662 g/mol. The third-order valence-corrected chi connectivity index (χ3v) is 9.96. The summed E-state index contributed by atoms with van der Waals surface area (Å²) in [6.45, 7) is 0.585. The Morgan fingerprint density at radius 1 is 0.596 bits per heavy atom. The molecule has 0 N–H and O–H groups in total. The van der Waals surface area contributed by atoms with Gasteiger partial charge in [0.2, 0.25) is 0 Å². The Labute approximate surface area is 301 Å². The Kier molecular flexibility index (Phi) is 7.27. The summed E-state index contributed by atoms with van der Waals surface area (Å²) in [6.07, 6.45) is 4.88. The smallest absolute Gasteiger partial charge is 0.0998 e. The molecule has 0 saturated heterocycles. The largest absolute Gasteiger partial charge is 0.335 e. The molecule has 5 nitrogen and oxygen atoms in total. The zero-order valence-corrected chi connectivity index (χ0v) is 27.9. The van der Waals surface area contributed by atoms with Gasteiger partial charge >= 0.3 is 0 Å². The molecule has 2 heterocycles. The van der Waals surface area contributed by atoms with Gasteiger partial charge in [-0.2, -0.15) is 15.8 Å². The van der Waals surface area contributed by atoms with Crippen LogP contribution in [0, 0.1) is 45.8 Å². The van der Waals surface area contributed by atoms with E-state index in [1.165, 1.54) is 0 Å². The second kappa shape index (κ2) is 12.4. The van der Waals surface area contributed by atoms with Gasteiger partial charge in [0.25, 0.3) is 0 Å². The fourth-order valence-electron chi connectivity index (χ4n) is 7.68. The van der Waals surface area contributed by atoms with E-state index in [1.807, 2.05) is 78.9 Å². The van der Waals surface area contributed by atoms with Crippen LogP contribution in [0.25, 0.3) is 55.3 Å². The number of para-hydroxylation sites is 2. The molecular weight excluding hydrogens is 635 g/mol. The monoisotopic (exact) mass is 661 g/mol. The van der Waals surface area contributed by atoms with Crippen molar-refractivity contribution >= 4 is 38.8 Å². The molecule has 9 rings (SSSR count). The first-order valence-corrected chi connectivity index (χ1v) is 17.0. The Hall–Kier alpha value is -7.57. The molecule has 52 heavy (non-hydrogen) atoms. The Balaban J connectivity index is 1.24. The minimum absolute atomic E-state index is 0.569. The van der Waals surface area contributed by atoms with Crippen molar-refractivity contribution in [2.45, 2.75) is 6.42 Å². The molecule has 0 unspecified atom stereocenters. The van der Waals surface area contributed by atoms with Crippen LogP contribution >= 0.6 is 0 Å². The highest BCUT2D eigenvalue weighted by atomic mass is 15.1. The first-order valence-electron chi connectivity index (χ1n) is 17.0. The van der Waals surface area contributed by atoms with Crippen LogP contribution < -0.4 is 4.90 Å². The van der Waals surface area contributed by atoms with E-state index in [-0.39, 0.29) is 0 Å². The summed E-state index contributed by atoms with van der Waals surface area (Å²) in [4.78, 5) is 2.29. The van der Waals surface area contributed by atoms with E-state index in [4.69, 9.17) is 0 Å². The van der Waals surface area contributed by atoms with Gasteiger partial charge in [-0.3, -0.25) is 0 Å². The molecule has 0 spiro atoms. The standard InChI is InChI=1S/C47H27N5/c48-27-31-20-22-38(39-15-4-6-17-43(39)51-30-35-10-2-1-3-14-37(35)42-25-32(28-49)21-23-44(42)51)41(24-31)33-11-8-13-36(26-33)52-45-18-7-5-16-40(45)47-34(29-50)12-9-19-46(47)52/h3-9,11-26H,1,30H2. The van der Waals surface area contributed by atoms with Crippen molar-refractivity contribution in [1.82, 2.24) is 4.57 Å². The summed E-state index contributed by atoms with van der Waals surface area (Å²) in [7, 11) is 0. The fraction of sp³-hybridized carbons (Fsp3) is 0.0426. The van der Waals surface area contributed by atoms with Crippen molar-refractivity contribution in [2.24, 2.45) is 0 Å². The molecule has 0 amide bonds. The van der Waals surface area contributed by atoms with Crippen LogP contribution in [0.15, 0.2) is 145 Å². The van der Waals surface area contributed by atoms with Crippen LogP contribution in [0.1, 0.15) is 28.7 Å². The number of aromatic nitrogens is 1. The maximum absolute atomic E-state index is 10.1. The molecule has 1 aliphatic carbocycles. The molecular formula is C47H27N5. The molecule has 240 valence electrons. The highest BCUT2D eigenvalue weighted by Gasteiger charge is 2.27. The summed E-state index contributed by atoms with van der Waals surface area (Å²) in [5.41, 5.74) is 13.7. The number of fused-ring (bicyclic) bond motifs is 5. The van der Waals surface area contributed by atoms with Gasteiger partial charge in [-0.15, -0.1) is 0 Å². The van der Waals surface area contributed by atoms with Crippen molar-refractivity contribution in [3.8, 4) is 58.0 Å². The van der Waals surface area contributed by atoms with Crippen molar-refractivity contribution in [3.05, 3.63) is 167 Å². The van der Waals surface area contributed by atoms with E-state index in [9.17, 15) is 15.8 Å². The number of nitrogens with zero attached hydrogens (tertiary/aromatic N) is 5. The number of allylic oxidation sites excluding steroid dienone is 3. The molecule has 2 aliphatic rings. The Morgan fingerprint density at radius 2 is 1.35 bits per heavy atom. The number of benzene rings is 6. The van der Waals surface area contributed by atoms with E-state index in [1.54, 1.807) is 0 Å². The third-order valence-electron chi connectivity index (χ3n) is 9.96. The van der Waals surface area contributed by atoms with Gasteiger partial charge < -0.3 is 9.47 Å². The second-order valence-corrected chi connectivity index (χ2v) is 12.8. The molecule has 0 radical (unpaired) electrons. The minimum atomic E-state index is 0.569. The molecule has 5 heteroatoms. The first-order chi connectivity index (χ1) is 25.7. The highest BCUT2D eigenvalue weighted by molar-refractivity contribution is 6.12. The lowest BCUT2D eigenvalue weighted by Crippen LogP contribution is -2.25. The van der Waals surface area contributed by atoms with Gasteiger partial charge in [-0.25, -0.2) is 0 Å². The molecule has 1 aromatic heterocycles. The average Bonchev–Trinajstić information content (AvgIpc) is 3.36. The lowest BCUT2D eigenvalue weighted by atomic mass is 9.89. The summed E-state index contributed by atoms with van der Waals surface area (Å²) < 4.78 is 2.21. The van der Waals surface area contributed by atoms with E-state index < -0.39 is 0 Å². The molecule has 0 saturated carbocycles. The van der Waals surface area contributed by atoms with Crippen LogP contribution in [0.2, 0.25) is 0 Å². The van der Waals surface area contributed by atoms with E-state index in [0.717, 1.165) is 77.8 Å². The van der Waals surface area contributed by atoms with Crippen molar-refractivity contribution in [1.29, 1.82) is 15.8 Å². The predicted octanol–water partition coefficient (Wildman–Crippen LogP) is 10.6. The summed E-state index contributed by atoms with van der Waals surface area (Å²) in [6, 6.07) is 49.6. The van der Waals surface area contributed by atoms with Gasteiger partial charge in [0.05, 0.1) is 52.5 Å². The molecule has 0 atom stereocenters. The SMILES string of the molecule is N#Cc1ccc2c(c1)C1=C(C#CCC=C1)CN2c1ccccc1-c1ccc(C#N)cc1-c1cccc(-n2c3ccccc3c3c(C#N)cccc32)c1. The van der Waals surface area contributed by atoms with Crippen molar-refractivity contribution in [2.75, 3.05) is 11.4 Å². The van der Waals surface area contributed by atoms with Gasteiger partial charge in [0, 0.05) is 51.0 Å². The predicted molar refractivity (Wildman–Crippen MR) is 208 cm³/mol. The van der Waals surface area contributed by atoms with Gasteiger partial charge in [0.15, 0.2) is 0 Å². The zero-order chi connectivity index (χ0) is 35.2. The first kappa shape index (κ1) is 30.5. The maximum Gasteiger partial charge on any atom is 0.0998 e. The van der Waals surface area contributed by atoms with Crippen LogP contribution in [-0.2, 0) is 0 Å². The molecule has 0 bridgehead atoms. The third kappa shape index (κ3) is 4.86. The lowest BCUT2D eigenvalue weighted by molar-refractivity contribution is 1.05. The van der Waals surface area contributed by atoms with E-state index in [2.05, 4.69) is 100 Å². The molecule has 0 fully saturated rings. The van der Waals surface area contributed by atoms with Crippen LogP contribution in [0.4, 0.5) is 11.4 Å². The second-order valence-electron chi connectivity index (χ2n) is 12.8. The quantitative estimate of drug-likeness (QED) is 0.176. The van der Waals surface area contributed by atoms with E-state index >= 15 is 0 Å². The number of anilines is 2. The maximum atomic E-state index is 10.1. The van der Waals surface area contributed by atoms with Crippen molar-refractivity contribution in [3.63, 3.8) is 0 Å². The van der Waals surface area contributed by atoms with Crippen LogP contribution in [-0.4, -0.2) is 11.1 Å². The Morgan fingerprint density at radius 3 is 2.21 bits per heavy atom. The molecule has 7 aromatic rings. The summed E-state index contributed by atoms with van der Waals surface area (Å²) in [5, 5.41) is 31.8. The summed E-state index contributed by atoms with van der Waals surface area (Å²) in [5.74, 6) is 6.69.